The van der Waals surface area contributed by atoms with Gasteiger partial charge in [-0.2, -0.15) is 0 Å². The second kappa shape index (κ2) is 7.67. The summed E-state index contributed by atoms with van der Waals surface area (Å²) in [5.74, 6) is -0.0177. The van der Waals surface area contributed by atoms with Gasteiger partial charge < -0.3 is 15.0 Å². The van der Waals surface area contributed by atoms with Crippen LogP contribution in [0.4, 0.5) is 11.4 Å². The lowest BCUT2D eigenvalue weighted by Gasteiger charge is -2.17. The molecule has 2 N–H and O–H groups in total. The molecular weight excluding hydrogens is 374 g/mol. The molecule has 0 amide bonds. The van der Waals surface area contributed by atoms with Crippen LogP contribution in [-0.2, 0) is 0 Å². The molecule has 3 aromatic carbocycles. The Kier molecular flexibility index (Phi) is 4.71. The highest BCUT2D eigenvalue weighted by Gasteiger charge is 2.24. The van der Waals surface area contributed by atoms with Crippen molar-refractivity contribution in [3.63, 3.8) is 0 Å². The van der Waals surface area contributed by atoms with Crippen LogP contribution >= 0.6 is 0 Å². The third kappa shape index (κ3) is 3.43. The number of benzene rings is 3. The van der Waals surface area contributed by atoms with Crippen LogP contribution in [0.3, 0.4) is 0 Å². The zero-order valence-corrected chi connectivity index (χ0v) is 16.6. The summed E-state index contributed by atoms with van der Waals surface area (Å²) in [5, 5.41) is 12.8. The quantitative estimate of drug-likeness (QED) is 0.417. The lowest BCUT2D eigenvalue weighted by atomic mass is 10.1. The number of hydrogen-bond donors (Lipinski definition) is 2. The summed E-state index contributed by atoms with van der Waals surface area (Å²) in [6, 6.07) is 24.0. The van der Waals surface area contributed by atoms with E-state index >= 15 is 0 Å². The van der Waals surface area contributed by atoms with Crippen molar-refractivity contribution in [1.29, 1.82) is 0 Å². The van der Waals surface area contributed by atoms with Crippen molar-refractivity contribution in [2.75, 3.05) is 5.32 Å². The van der Waals surface area contributed by atoms with Crippen molar-refractivity contribution in [3.05, 3.63) is 78.4 Å². The van der Waals surface area contributed by atoms with Crippen molar-refractivity contribution in [2.24, 2.45) is 0 Å². The third-order valence-corrected chi connectivity index (χ3v) is 5.83. The minimum absolute atomic E-state index is 0.271. The molecule has 4 aromatic rings. The number of fused-ring (bicyclic) bond motifs is 1. The Morgan fingerprint density at radius 1 is 0.933 bits per heavy atom. The number of aromatic nitrogens is 2. The molecule has 5 heteroatoms. The van der Waals surface area contributed by atoms with Crippen LogP contribution in [0.1, 0.15) is 42.1 Å². The van der Waals surface area contributed by atoms with Crippen molar-refractivity contribution in [1.82, 2.24) is 9.55 Å². The van der Waals surface area contributed by atoms with Crippen LogP contribution in [-0.4, -0.2) is 20.6 Å². The van der Waals surface area contributed by atoms with Crippen LogP contribution in [0.25, 0.3) is 22.4 Å². The molecule has 0 saturated heterocycles. The fraction of sp³-hybridized carbons (Fsp3) is 0.200. The van der Waals surface area contributed by atoms with E-state index in [1.54, 1.807) is 12.1 Å². The monoisotopic (exact) mass is 397 g/mol. The smallest absolute Gasteiger partial charge is 0.335 e. The Balaban J connectivity index is 1.55. The van der Waals surface area contributed by atoms with Gasteiger partial charge in [0.15, 0.2) is 0 Å². The number of carboxylic acid groups (broad SMARTS) is 1. The zero-order chi connectivity index (χ0) is 20.5. The van der Waals surface area contributed by atoms with Crippen LogP contribution < -0.4 is 5.32 Å². The third-order valence-electron chi connectivity index (χ3n) is 5.83. The Hall–Kier alpha value is -3.60. The van der Waals surface area contributed by atoms with Gasteiger partial charge in [-0.3, -0.25) is 0 Å². The maximum atomic E-state index is 11.4. The van der Waals surface area contributed by atoms with Crippen molar-refractivity contribution < 1.29 is 9.90 Å². The standard InChI is InChI=1S/C25H23N3O2/c29-25(30)18-12-15-23-22(16-18)27-24(28(23)21-8-4-5-9-21)17-10-13-20(14-11-17)26-19-6-2-1-3-7-19/h1-3,6-7,10-16,21,26H,4-5,8-9H2,(H,29,30). The molecule has 1 heterocycles. The van der Waals surface area contributed by atoms with Crippen LogP contribution in [0.2, 0.25) is 0 Å². The lowest BCUT2D eigenvalue weighted by Crippen LogP contribution is -2.06. The molecule has 0 radical (unpaired) electrons. The van der Waals surface area contributed by atoms with Crippen molar-refractivity contribution >= 4 is 28.4 Å². The first kappa shape index (κ1) is 18.4. The molecule has 1 aliphatic carbocycles. The number of hydrogen-bond acceptors (Lipinski definition) is 3. The van der Waals surface area contributed by atoms with Gasteiger partial charge in [0.2, 0.25) is 0 Å². The van der Waals surface area contributed by atoms with Gasteiger partial charge in [0.05, 0.1) is 16.6 Å². The predicted octanol–water partition coefficient (Wildman–Crippen LogP) is 6.26. The van der Waals surface area contributed by atoms with Gasteiger partial charge in [0.25, 0.3) is 0 Å². The first-order valence-electron chi connectivity index (χ1n) is 10.4. The van der Waals surface area contributed by atoms with Gasteiger partial charge in [-0.25, -0.2) is 9.78 Å². The molecule has 1 aliphatic rings. The number of aromatic carboxylic acids is 1. The van der Waals surface area contributed by atoms with E-state index in [1.807, 2.05) is 36.4 Å². The molecule has 5 nitrogen and oxygen atoms in total. The molecule has 1 saturated carbocycles. The van der Waals surface area contributed by atoms with E-state index in [-0.39, 0.29) is 5.56 Å². The minimum Gasteiger partial charge on any atom is -0.478 e. The summed E-state index contributed by atoms with van der Waals surface area (Å²) in [6.45, 7) is 0. The van der Waals surface area contributed by atoms with Crippen LogP contribution in [0, 0.1) is 0 Å². The molecule has 30 heavy (non-hydrogen) atoms. The molecule has 5 rings (SSSR count). The number of carboxylic acids is 1. The highest BCUT2D eigenvalue weighted by atomic mass is 16.4. The molecule has 0 unspecified atom stereocenters. The number of para-hydroxylation sites is 1. The first-order valence-corrected chi connectivity index (χ1v) is 10.4. The second-order valence-corrected chi connectivity index (χ2v) is 7.82. The molecule has 1 fully saturated rings. The normalized spacial score (nSPS) is 14.3. The van der Waals surface area contributed by atoms with E-state index in [9.17, 15) is 9.90 Å². The molecule has 0 atom stereocenters. The molecule has 150 valence electrons. The minimum atomic E-state index is -0.926. The first-order chi connectivity index (χ1) is 14.7. The topological polar surface area (TPSA) is 67.2 Å². The van der Waals surface area contributed by atoms with Crippen LogP contribution in [0.15, 0.2) is 72.8 Å². The average Bonchev–Trinajstić information content (AvgIpc) is 3.42. The van der Waals surface area contributed by atoms with E-state index in [0.29, 0.717) is 6.04 Å². The SMILES string of the molecule is O=C(O)c1ccc2c(c1)nc(-c1ccc(Nc3ccccc3)cc1)n2C1CCCC1. The summed E-state index contributed by atoms with van der Waals surface area (Å²) in [5.41, 5.74) is 5.11. The highest BCUT2D eigenvalue weighted by molar-refractivity contribution is 5.93. The summed E-state index contributed by atoms with van der Waals surface area (Å²) < 4.78 is 2.31. The van der Waals surface area contributed by atoms with Gasteiger partial charge in [0, 0.05) is 23.0 Å². The number of anilines is 2. The summed E-state index contributed by atoms with van der Waals surface area (Å²) in [4.78, 5) is 16.3. The number of rotatable bonds is 5. The van der Waals surface area contributed by atoms with E-state index in [4.69, 9.17) is 4.98 Å². The van der Waals surface area contributed by atoms with E-state index in [1.165, 1.54) is 12.8 Å². The Morgan fingerprint density at radius 3 is 2.33 bits per heavy atom. The highest BCUT2D eigenvalue weighted by Crippen LogP contribution is 2.37. The molecule has 0 spiro atoms. The van der Waals surface area contributed by atoms with Crippen LogP contribution in [0.5, 0.6) is 0 Å². The van der Waals surface area contributed by atoms with Crippen molar-refractivity contribution in [2.45, 2.75) is 31.7 Å². The maximum absolute atomic E-state index is 11.4. The fourth-order valence-electron chi connectivity index (χ4n) is 4.36. The molecule has 0 aliphatic heterocycles. The van der Waals surface area contributed by atoms with E-state index in [0.717, 1.165) is 46.6 Å². The van der Waals surface area contributed by atoms with Gasteiger partial charge in [0.1, 0.15) is 5.82 Å². The van der Waals surface area contributed by atoms with Crippen molar-refractivity contribution in [3.8, 4) is 11.4 Å². The van der Waals surface area contributed by atoms with Gasteiger partial charge in [-0.1, -0.05) is 31.0 Å². The largest absolute Gasteiger partial charge is 0.478 e. The summed E-state index contributed by atoms with van der Waals surface area (Å²) in [7, 11) is 0. The summed E-state index contributed by atoms with van der Waals surface area (Å²) in [6.07, 6.45) is 4.70. The van der Waals surface area contributed by atoms with Gasteiger partial charge in [-0.05, 0) is 67.4 Å². The van der Waals surface area contributed by atoms with E-state index < -0.39 is 5.97 Å². The Bertz CT molecular complexity index is 1190. The number of carbonyl (C=O) groups is 1. The summed E-state index contributed by atoms with van der Waals surface area (Å²) >= 11 is 0. The fourth-order valence-corrected chi connectivity index (χ4v) is 4.36. The molecular formula is C25H23N3O2. The number of nitrogens with zero attached hydrogens (tertiary/aromatic N) is 2. The molecule has 0 bridgehead atoms. The lowest BCUT2D eigenvalue weighted by molar-refractivity contribution is 0.0697. The number of nitrogens with one attached hydrogen (secondary N) is 1. The average molecular weight is 397 g/mol. The van der Waals surface area contributed by atoms with Gasteiger partial charge in [-0.15, -0.1) is 0 Å². The second-order valence-electron chi connectivity index (χ2n) is 7.82. The van der Waals surface area contributed by atoms with E-state index in [2.05, 4.69) is 34.1 Å². The predicted molar refractivity (Wildman–Crippen MR) is 119 cm³/mol. The Morgan fingerprint density at radius 2 is 1.63 bits per heavy atom. The number of imidazole rings is 1. The molecule has 1 aromatic heterocycles. The zero-order valence-electron chi connectivity index (χ0n) is 16.6. The Labute approximate surface area is 175 Å². The van der Waals surface area contributed by atoms with Gasteiger partial charge >= 0.3 is 5.97 Å². The maximum Gasteiger partial charge on any atom is 0.335 e.